The van der Waals surface area contributed by atoms with Crippen molar-refractivity contribution in [3.63, 3.8) is 0 Å². The van der Waals surface area contributed by atoms with Gasteiger partial charge in [0, 0.05) is 50.9 Å². The third-order valence-electron chi connectivity index (χ3n) is 6.51. The first-order valence-corrected chi connectivity index (χ1v) is 12.5. The Kier molecular flexibility index (Phi) is 10.1. The van der Waals surface area contributed by atoms with Crippen molar-refractivity contribution >= 4 is 11.9 Å². The van der Waals surface area contributed by atoms with Crippen LogP contribution in [0.3, 0.4) is 0 Å². The molecule has 4 N–H and O–H groups in total. The van der Waals surface area contributed by atoms with Crippen molar-refractivity contribution in [2.24, 2.45) is 10.9 Å². The monoisotopic (exact) mass is 443 g/mol. The Morgan fingerprint density at radius 2 is 1.91 bits per heavy atom. The van der Waals surface area contributed by atoms with E-state index in [4.69, 9.17) is 4.99 Å². The maximum absolute atomic E-state index is 12.1. The van der Waals surface area contributed by atoms with Crippen molar-refractivity contribution < 1.29 is 9.90 Å². The number of hydrogen-bond acceptors (Lipinski definition) is 4. The van der Waals surface area contributed by atoms with E-state index in [9.17, 15) is 9.90 Å². The fraction of sp³-hybridized carbons (Fsp3) is 0.680. The smallest absolute Gasteiger partial charge is 0.251 e. The number of hydrogen-bond donors (Lipinski definition) is 4. The van der Waals surface area contributed by atoms with Crippen LogP contribution in [0.1, 0.15) is 68.6 Å². The van der Waals surface area contributed by atoms with Gasteiger partial charge in [0.2, 0.25) is 0 Å². The molecular formula is C25H41N5O2. The van der Waals surface area contributed by atoms with Crippen LogP contribution >= 0.6 is 0 Å². The Hall–Kier alpha value is -2.28. The number of phenols is 1. The van der Waals surface area contributed by atoms with Crippen molar-refractivity contribution in [3.05, 3.63) is 29.8 Å². The molecule has 0 bridgehead atoms. The summed E-state index contributed by atoms with van der Waals surface area (Å²) in [7, 11) is 0. The Morgan fingerprint density at radius 3 is 2.62 bits per heavy atom. The zero-order valence-electron chi connectivity index (χ0n) is 19.6. The zero-order chi connectivity index (χ0) is 22.6. The molecular weight excluding hydrogens is 402 g/mol. The van der Waals surface area contributed by atoms with Crippen molar-refractivity contribution in [1.29, 1.82) is 0 Å². The molecule has 178 valence electrons. The second-order valence-electron chi connectivity index (χ2n) is 9.14. The van der Waals surface area contributed by atoms with Crippen LogP contribution in [-0.4, -0.2) is 67.2 Å². The molecule has 1 aliphatic heterocycles. The first-order chi connectivity index (χ1) is 15.6. The molecule has 3 rings (SSSR count). The second-order valence-corrected chi connectivity index (χ2v) is 9.14. The minimum atomic E-state index is -0.171. The predicted octanol–water partition coefficient (Wildman–Crippen LogP) is 3.11. The number of rotatable bonds is 9. The van der Waals surface area contributed by atoms with Gasteiger partial charge in [0.1, 0.15) is 5.75 Å². The van der Waals surface area contributed by atoms with Gasteiger partial charge in [-0.25, -0.2) is 0 Å². The number of carbonyl (C=O) groups is 1. The number of likely N-dealkylation sites (tertiary alicyclic amines) is 1. The van der Waals surface area contributed by atoms with Gasteiger partial charge < -0.3 is 26.0 Å². The third-order valence-corrected chi connectivity index (χ3v) is 6.51. The third kappa shape index (κ3) is 8.34. The lowest BCUT2D eigenvalue weighted by molar-refractivity contribution is 0.0953. The minimum Gasteiger partial charge on any atom is -0.508 e. The number of amides is 1. The summed E-state index contributed by atoms with van der Waals surface area (Å²) in [5, 5.41) is 19.3. The molecule has 1 aliphatic carbocycles. The number of aromatic hydroxyl groups is 1. The summed E-state index contributed by atoms with van der Waals surface area (Å²) in [5.41, 5.74) is 0.471. The van der Waals surface area contributed by atoms with E-state index in [-0.39, 0.29) is 11.7 Å². The van der Waals surface area contributed by atoms with Gasteiger partial charge in [0.05, 0.1) is 0 Å². The highest BCUT2D eigenvalue weighted by molar-refractivity contribution is 5.94. The van der Waals surface area contributed by atoms with Gasteiger partial charge in [0.25, 0.3) is 5.91 Å². The summed E-state index contributed by atoms with van der Waals surface area (Å²) < 4.78 is 0. The largest absolute Gasteiger partial charge is 0.508 e. The highest BCUT2D eigenvalue weighted by Gasteiger charge is 2.23. The molecule has 0 unspecified atom stereocenters. The molecule has 1 saturated heterocycles. The molecule has 32 heavy (non-hydrogen) atoms. The van der Waals surface area contributed by atoms with Gasteiger partial charge in [-0.2, -0.15) is 0 Å². The number of carbonyl (C=O) groups excluding carboxylic acids is 1. The molecule has 0 radical (unpaired) electrons. The molecule has 0 aromatic heterocycles. The maximum atomic E-state index is 12.1. The van der Waals surface area contributed by atoms with E-state index in [0.717, 1.165) is 37.7 Å². The van der Waals surface area contributed by atoms with Gasteiger partial charge in [-0.1, -0.05) is 25.3 Å². The molecule has 1 amide bonds. The Morgan fingerprint density at radius 1 is 1.12 bits per heavy atom. The molecule has 1 aromatic rings. The van der Waals surface area contributed by atoms with Crippen LogP contribution in [0.2, 0.25) is 0 Å². The van der Waals surface area contributed by atoms with Gasteiger partial charge >= 0.3 is 0 Å². The molecule has 1 aromatic carbocycles. The SMILES string of the molecule is CCNC(=NCCCNC(=O)c1cccc(O)c1)NC1CCN(CC2CCCCC2)CC1. The Balaban J connectivity index is 1.34. The van der Waals surface area contributed by atoms with Crippen molar-refractivity contribution in [1.82, 2.24) is 20.9 Å². The van der Waals surface area contributed by atoms with Crippen molar-refractivity contribution in [3.8, 4) is 5.75 Å². The quantitative estimate of drug-likeness (QED) is 0.268. The summed E-state index contributed by atoms with van der Waals surface area (Å²) in [5.74, 6) is 1.72. The Labute approximate surface area is 193 Å². The van der Waals surface area contributed by atoms with Gasteiger partial charge in [-0.15, -0.1) is 0 Å². The summed E-state index contributed by atoms with van der Waals surface area (Å²) in [6.07, 6.45) is 10.2. The van der Waals surface area contributed by atoms with E-state index >= 15 is 0 Å². The highest BCUT2D eigenvalue weighted by atomic mass is 16.3. The first kappa shape index (κ1) is 24.4. The normalized spacial score (nSPS) is 19.0. The van der Waals surface area contributed by atoms with Gasteiger partial charge in [-0.3, -0.25) is 9.79 Å². The molecule has 2 aliphatic rings. The fourth-order valence-electron chi connectivity index (χ4n) is 4.73. The molecule has 1 saturated carbocycles. The highest BCUT2D eigenvalue weighted by Crippen LogP contribution is 2.25. The van der Waals surface area contributed by atoms with Crippen LogP contribution in [0.4, 0.5) is 0 Å². The molecule has 7 nitrogen and oxygen atoms in total. The lowest BCUT2D eigenvalue weighted by Crippen LogP contribution is -2.49. The maximum Gasteiger partial charge on any atom is 0.251 e. The Bertz CT molecular complexity index is 725. The standard InChI is InChI=1S/C25H41N5O2/c1-2-26-25(28-15-7-14-27-24(32)21-10-6-11-23(31)18-21)29-22-12-16-30(17-13-22)19-20-8-4-3-5-9-20/h6,10-11,18,20,22,31H,2-5,7-9,12-17,19H2,1H3,(H,27,32)(H2,26,28,29). The molecule has 0 atom stereocenters. The fourth-order valence-corrected chi connectivity index (χ4v) is 4.73. The van der Waals surface area contributed by atoms with E-state index in [1.165, 1.54) is 57.8 Å². The number of benzene rings is 1. The second kappa shape index (κ2) is 13.3. The predicted molar refractivity (Wildman–Crippen MR) is 130 cm³/mol. The van der Waals surface area contributed by atoms with Crippen LogP contribution in [0.5, 0.6) is 5.75 Å². The van der Waals surface area contributed by atoms with Crippen molar-refractivity contribution in [2.75, 3.05) is 39.3 Å². The summed E-state index contributed by atoms with van der Waals surface area (Å²) in [4.78, 5) is 19.5. The molecule has 2 fully saturated rings. The van der Waals surface area contributed by atoms with Crippen LogP contribution in [0.15, 0.2) is 29.3 Å². The average Bonchev–Trinajstić information content (AvgIpc) is 2.81. The number of nitrogens with zero attached hydrogens (tertiary/aromatic N) is 2. The van der Waals surface area contributed by atoms with Crippen LogP contribution in [-0.2, 0) is 0 Å². The minimum absolute atomic E-state index is 0.100. The number of guanidine groups is 1. The number of nitrogens with one attached hydrogen (secondary N) is 3. The van der Waals surface area contributed by atoms with Crippen LogP contribution in [0.25, 0.3) is 0 Å². The van der Waals surface area contributed by atoms with E-state index < -0.39 is 0 Å². The topological polar surface area (TPSA) is 89.0 Å². The summed E-state index contributed by atoms with van der Waals surface area (Å²) in [6.45, 7) is 7.76. The van der Waals surface area contributed by atoms with E-state index in [1.807, 2.05) is 0 Å². The van der Waals surface area contributed by atoms with E-state index in [2.05, 4.69) is 27.8 Å². The van der Waals surface area contributed by atoms with E-state index in [1.54, 1.807) is 18.2 Å². The average molecular weight is 444 g/mol. The number of phenolic OH excluding ortho intramolecular Hbond substituents is 1. The lowest BCUT2D eigenvalue weighted by Gasteiger charge is -2.36. The molecule has 7 heteroatoms. The van der Waals surface area contributed by atoms with Gasteiger partial charge in [-0.05, 0) is 63.1 Å². The molecule has 0 spiro atoms. The van der Waals surface area contributed by atoms with Crippen LogP contribution < -0.4 is 16.0 Å². The number of aliphatic imine (C=N–C) groups is 1. The lowest BCUT2D eigenvalue weighted by atomic mass is 9.88. The van der Waals surface area contributed by atoms with Gasteiger partial charge in [0.15, 0.2) is 5.96 Å². The summed E-state index contributed by atoms with van der Waals surface area (Å²) in [6, 6.07) is 6.87. The summed E-state index contributed by atoms with van der Waals surface area (Å²) >= 11 is 0. The van der Waals surface area contributed by atoms with Crippen LogP contribution in [0, 0.1) is 5.92 Å². The zero-order valence-corrected chi connectivity index (χ0v) is 19.6. The van der Waals surface area contributed by atoms with E-state index in [0.29, 0.717) is 24.7 Å². The van der Waals surface area contributed by atoms with Crippen molar-refractivity contribution in [2.45, 2.75) is 64.3 Å². The number of piperidine rings is 1. The first-order valence-electron chi connectivity index (χ1n) is 12.5. The molecule has 1 heterocycles.